The van der Waals surface area contributed by atoms with E-state index in [0.29, 0.717) is 11.1 Å². The van der Waals surface area contributed by atoms with Crippen molar-refractivity contribution in [1.29, 1.82) is 10.5 Å². The Labute approximate surface area is 108 Å². The van der Waals surface area contributed by atoms with E-state index >= 15 is 0 Å². The molecule has 0 aliphatic rings. The van der Waals surface area contributed by atoms with Gasteiger partial charge in [-0.05, 0) is 38.1 Å². The smallest absolute Gasteiger partial charge is 0.0991 e. The van der Waals surface area contributed by atoms with Crippen LogP contribution in [0.3, 0.4) is 0 Å². The van der Waals surface area contributed by atoms with Crippen LogP contribution in [0.2, 0.25) is 0 Å². The van der Waals surface area contributed by atoms with E-state index < -0.39 is 0 Å². The molecule has 0 fully saturated rings. The number of hydrogen-bond acceptors (Lipinski definition) is 2. The summed E-state index contributed by atoms with van der Waals surface area (Å²) >= 11 is 0. The summed E-state index contributed by atoms with van der Waals surface area (Å²) in [6.07, 6.45) is 0. The highest BCUT2D eigenvalue weighted by Crippen LogP contribution is 2.01. The molecule has 0 aliphatic heterocycles. The van der Waals surface area contributed by atoms with E-state index in [4.69, 9.17) is 10.5 Å². The summed E-state index contributed by atoms with van der Waals surface area (Å²) in [6.45, 7) is 4.21. The van der Waals surface area contributed by atoms with Crippen molar-refractivity contribution in [1.82, 2.24) is 0 Å². The van der Waals surface area contributed by atoms with Crippen LogP contribution < -0.4 is 0 Å². The third kappa shape index (κ3) is 4.51. The van der Waals surface area contributed by atoms with Gasteiger partial charge in [0.25, 0.3) is 0 Å². The lowest BCUT2D eigenvalue weighted by Gasteiger charge is -1.90. The molecule has 0 radical (unpaired) electrons. The summed E-state index contributed by atoms with van der Waals surface area (Å²) in [5.74, 6) is 0. The first kappa shape index (κ1) is 13.5. The van der Waals surface area contributed by atoms with Crippen LogP contribution in [0.25, 0.3) is 0 Å². The predicted molar refractivity (Wildman–Crippen MR) is 71.8 cm³/mol. The summed E-state index contributed by atoms with van der Waals surface area (Å²) in [4.78, 5) is 0. The maximum Gasteiger partial charge on any atom is 0.0991 e. The van der Waals surface area contributed by atoms with Crippen LogP contribution in [0, 0.1) is 36.5 Å². The fourth-order valence-electron chi connectivity index (χ4n) is 1.43. The van der Waals surface area contributed by atoms with E-state index in [9.17, 15) is 0 Å². The van der Waals surface area contributed by atoms with Crippen molar-refractivity contribution >= 4 is 0 Å². The highest BCUT2D eigenvalue weighted by atomic mass is 14.2. The van der Waals surface area contributed by atoms with Gasteiger partial charge in [-0.25, -0.2) is 0 Å². The summed E-state index contributed by atoms with van der Waals surface area (Å²) in [7, 11) is 0. The molecule has 0 heterocycles. The van der Waals surface area contributed by atoms with Crippen LogP contribution in [0.15, 0.2) is 48.5 Å². The summed E-state index contributed by atoms with van der Waals surface area (Å²) in [5, 5.41) is 16.7. The van der Waals surface area contributed by atoms with E-state index in [1.807, 2.05) is 12.1 Å². The lowest BCUT2D eigenvalue weighted by molar-refractivity contribution is 1.39. The van der Waals surface area contributed by atoms with Gasteiger partial charge in [-0.15, -0.1) is 0 Å². The predicted octanol–water partition coefficient (Wildman–Crippen LogP) is 3.73. The van der Waals surface area contributed by atoms with Crippen LogP contribution in [0.4, 0.5) is 0 Å². The zero-order chi connectivity index (χ0) is 13.4. The summed E-state index contributed by atoms with van der Waals surface area (Å²) < 4.78 is 0. The van der Waals surface area contributed by atoms with Gasteiger partial charge in [0.05, 0.1) is 23.3 Å². The second-order valence-corrected chi connectivity index (χ2v) is 3.96. The molecule has 0 saturated carbocycles. The van der Waals surface area contributed by atoms with Gasteiger partial charge >= 0.3 is 0 Å². The van der Waals surface area contributed by atoms with Gasteiger partial charge in [0.2, 0.25) is 0 Å². The number of benzene rings is 2. The summed E-state index contributed by atoms with van der Waals surface area (Å²) in [6, 6.07) is 18.9. The highest BCUT2D eigenvalue weighted by molar-refractivity contribution is 5.36. The molecule has 88 valence electrons. The largest absolute Gasteiger partial charge is 0.192 e. The maximum atomic E-state index is 8.37. The number of rotatable bonds is 0. The first-order valence-electron chi connectivity index (χ1n) is 5.59. The molecule has 0 N–H and O–H groups in total. The molecule has 2 rings (SSSR count). The van der Waals surface area contributed by atoms with Crippen molar-refractivity contribution in [2.45, 2.75) is 13.8 Å². The fourth-order valence-corrected chi connectivity index (χ4v) is 1.43. The second-order valence-electron chi connectivity index (χ2n) is 3.96. The molecule has 0 aliphatic carbocycles. The molecular weight excluding hydrogens is 220 g/mol. The van der Waals surface area contributed by atoms with Gasteiger partial charge in [0.15, 0.2) is 0 Å². The first-order chi connectivity index (χ1) is 8.65. The highest BCUT2D eigenvalue weighted by Gasteiger charge is 1.88. The molecule has 0 spiro atoms. The van der Waals surface area contributed by atoms with Gasteiger partial charge in [-0.1, -0.05) is 35.4 Å². The minimum Gasteiger partial charge on any atom is -0.192 e. The SMILES string of the molecule is Cc1cccc(C)c1.N#Cc1ccc(C#N)cc1. The monoisotopic (exact) mass is 234 g/mol. The van der Waals surface area contributed by atoms with Gasteiger partial charge < -0.3 is 0 Å². The Morgan fingerprint density at radius 2 is 1.11 bits per heavy atom. The van der Waals surface area contributed by atoms with E-state index in [0.717, 1.165) is 0 Å². The summed E-state index contributed by atoms with van der Waals surface area (Å²) in [5.41, 5.74) is 3.84. The molecule has 2 aromatic rings. The normalized spacial score (nSPS) is 8.44. The quantitative estimate of drug-likeness (QED) is 0.697. The average Bonchev–Trinajstić information content (AvgIpc) is 2.39. The number of nitriles is 2. The number of hydrogen-bond donors (Lipinski definition) is 0. The van der Waals surface area contributed by atoms with Crippen molar-refractivity contribution in [2.75, 3.05) is 0 Å². The lowest BCUT2D eigenvalue weighted by atomic mass is 10.2. The van der Waals surface area contributed by atoms with E-state index in [1.165, 1.54) is 11.1 Å². The molecule has 2 aromatic carbocycles. The van der Waals surface area contributed by atoms with Gasteiger partial charge in [0.1, 0.15) is 0 Å². The molecule has 2 heteroatoms. The number of aryl methyl sites for hydroxylation is 2. The standard InChI is InChI=1S/C8H4N2.C8H10/c9-5-7-1-2-8(6-10)4-3-7;1-7-4-3-5-8(2)6-7/h1-4H;3-6H,1-2H3. The molecule has 0 atom stereocenters. The Kier molecular flexibility index (Phi) is 5.16. The molecule has 0 saturated heterocycles. The minimum absolute atomic E-state index is 0.582. The van der Waals surface area contributed by atoms with E-state index in [1.54, 1.807) is 24.3 Å². The van der Waals surface area contributed by atoms with Gasteiger partial charge in [0, 0.05) is 0 Å². The third-order valence-corrected chi connectivity index (χ3v) is 2.32. The Hall–Kier alpha value is -2.58. The third-order valence-electron chi connectivity index (χ3n) is 2.32. The number of nitrogens with zero attached hydrogens (tertiary/aromatic N) is 2. The molecule has 0 amide bonds. The second kappa shape index (κ2) is 6.89. The van der Waals surface area contributed by atoms with Crippen molar-refractivity contribution in [3.05, 3.63) is 70.8 Å². The van der Waals surface area contributed by atoms with E-state index in [-0.39, 0.29) is 0 Å². The Morgan fingerprint density at radius 1 is 0.722 bits per heavy atom. The first-order valence-corrected chi connectivity index (χ1v) is 5.59. The molecule has 0 bridgehead atoms. The van der Waals surface area contributed by atoms with Crippen LogP contribution in [-0.4, -0.2) is 0 Å². The minimum atomic E-state index is 0.582. The molecule has 2 nitrogen and oxygen atoms in total. The maximum absolute atomic E-state index is 8.37. The Balaban J connectivity index is 0.000000184. The van der Waals surface area contributed by atoms with Crippen molar-refractivity contribution < 1.29 is 0 Å². The van der Waals surface area contributed by atoms with Crippen molar-refractivity contribution in [3.63, 3.8) is 0 Å². The van der Waals surface area contributed by atoms with Crippen LogP contribution in [-0.2, 0) is 0 Å². The van der Waals surface area contributed by atoms with Crippen LogP contribution in [0.1, 0.15) is 22.3 Å². The average molecular weight is 234 g/mol. The fraction of sp³-hybridized carbons (Fsp3) is 0.125. The molecular formula is C16H14N2. The van der Waals surface area contributed by atoms with Gasteiger partial charge in [-0.2, -0.15) is 10.5 Å². The molecule has 0 aromatic heterocycles. The topological polar surface area (TPSA) is 47.6 Å². The molecule has 0 unspecified atom stereocenters. The van der Waals surface area contributed by atoms with Crippen molar-refractivity contribution in [3.8, 4) is 12.1 Å². The molecule has 18 heavy (non-hydrogen) atoms. The van der Waals surface area contributed by atoms with E-state index in [2.05, 4.69) is 38.1 Å². The Bertz CT molecular complexity index is 533. The zero-order valence-electron chi connectivity index (χ0n) is 10.5. The van der Waals surface area contributed by atoms with Crippen LogP contribution in [0.5, 0.6) is 0 Å². The van der Waals surface area contributed by atoms with Crippen LogP contribution >= 0.6 is 0 Å². The van der Waals surface area contributed by atoms with Gasteiger partial charge in [-0.3, -0.25) is 0 Å². The Morgan fingerprint density at radius 3 is 1.33 bits per heavy atom. The lowest BCUT2D eigenvalue weighted by Crippen LogP contribution is -1.74. The van der Waals surface area contributed by atoms with Crippen molar-refractivity contribution in [2.24, 2.45) is 0 Å². The zero-order valence-corrected chi connectivity index (χ0v) is 10.5.